The Balaban J connectivity index is 2.01. The lowest BCUT2D eigenvalue weighted by atomic mass is 10.1. The van der Waals surface area contributed by atoms with Gasteiger partial charge in [-0.05, 0) is 68.7 Å². The minimum Gasteiger partial charge on any atom is -0.354 e. The molecular formula is C30H36FN3O4S. The molecule has 1 N–H and O–H groups in total. The molecule has 208 valence electrons. The number of nitrogens with zero attached hydrogens (tertiary/aromatic N) is 2. The molecule has 1 atom stereocenters. The van der Waals surface area contributed by atoms with E-state index in [1.807, 2.05) is 19.9 Å². The van der Waals surface area contributed by atoms with Crippen molar-refractivity contribution >= 4 is 27.5 Å². The number of nitrogens with one attached hydrogen (secondary N) is 1. The van der Waals surface area contributed by atoms with Crippen LogP contribution < -0.4 is 9.62 Å². The molecule has 0 spiro atoms. The Bertz CT molecular complexity index is 1380. The fourth-order valence-electron chi connectivity index (χ4n) is 4.22. The van der Waals surface area contributed by atoms with Crippen LogP contribution in [0.4, 0.5) is 10.1 Å². The molecule has 0 bridgehead atoms. The van der Waals surface area contributed by atoms with Crippen molar-refractivity contribution in [3.05, 3.63) is 95.3 Å². The Labute approximate surface area is 230 Å². The van der Waals surface area contributed by atoms with E-state index in [1.54, 1.807) is 56.3 Å². The maximum atomic E-state index is 13.9. The van der Waals surface area contributed by atoms with Gasteiger partial charge in [-0.1, -0.05) is 61.4 Å². The van der Waals surface area contributed by atoms with Gasteiger partial charge in [-0.25, -0.2) is 12.8 Å². The first-order chi connectivity index (χ1) is 18.5. The summed E-state index contributed by atoms with van der Waals surface area (Å²) in [5, 5.41) is 2.85. The molecule has 0 unspecified atom stereocenters. The lowest BCUT2D eigenvalue weighted by Crippen LogP contribution is -2.51. The van der Waals surface area contributed by atoms with Gasteiger partial charge in [0.2, 0.25) is 11.8 Å². The predicted octanol–water partition coefficient (Wildman–Crippen LogP) is 4.97. The standard InChI is InChI=1S/C30H36FN3O4S/c1-5-6-18-32-30(36)24(4)33(20-25-13-15-26(31)16-14-25)29(35)21-34(28-17-12-22(2)19-23(28)3)39(37,38)27-10-8-7-9-11-27/h7-17,19,24H,5-6,18,20-21H2,1-4H3,(H,32,36)/t24-/m1/s1. The topological polar surface area (TPSA) is 86.8 Å². The summed E-state index contributed by atoms with van der Waals surface area (Å²) in [6.45, 7) is 7.27. The van der Waals surface area contributed by atoms with Gasteiger partial charge in [-0.2, -0.15) is 0 Å². The smallest absolute Gasteiger partial charge is 0.264 e. The second-order valence-electron chi connectivity index (χ2n) is 9.58. The Morgan fingerprint density at radius 3 is 2.26 bits per heavy atom. The Morgan fingerprint density at radius 2 is 1.64 bits per heavy atom. The number of carbonyl (C=O) groups excluding carboxylic acids is 2. The Hall–Kier alpha value is -3.72. The van der Waals surface area contributed by atoms with E-state index in [9.17, 15) is 22.4 Å². The SMILES string of the molecule is CCCCNC(=O)[C@@H](C)N(Cc1ccc(F)cc1)C(=O)CN(c1ccc(C)cc1C)S(=O)(=O)c1ccccc1. The van der Waals surface area contributed by atoms with Crippen molar-refractivity contribution in [2.75, 3.05) is 17.4 Å². The first-order valence-electron chi connectivity index (χ1n) is 13.0. The van der Waals surface area contributed by atoms with Crippen molar-refractivity contribution in [1.29, 1.82) is 0 Å². The molecule has 0 aliphatic carbocycles. The van der Waals surface area contributed by atoms with E-state index in [0.29, 0.717) is 23.4 Å². The largest absolute Gasteiger partial charge is 0.354 e. The Morgan fingerprint density at radius 1 is 0.974 bits per heavy atom. The van der Waals surface area contributed by atoms with Crippen molar-refractivity contribution in [3.8, 4) is 0 Å². The number of aryl methyl sites for hydroxylation is 2. The summed E-state index contributed by atoms with van der Waals surface area (Å²) in [6, 6.07) is 18.0. The van der Waals surface area contributed by atoms with Gasteiger partial charge in [-0.3, -0.25) is 13.9 Å². The average molecular weight is 554 g/mol. The third-order valence-corrected chi connectivity index (χ3v) is 8.27. The lowest BCUT2D eigenvalue weighted by molar-refractivity contribution is -0.139. The predicted molar refractivity (Wildman–Crippen MR) is 151 cm³/mol. The number of sulfonamides is 1. The summed E-state index contributed by atoms with van der Waals surface area (Å²) in [5.41, 5.74) is 2.63. The number of hydrogen-bond donors (Lipinski definition) is 1. The van der Waals surface area contributed by atoms with Crippen LogP contribution in [0.3, 0.4) is 0 Å². The van der Waals surface area contributed by atoms with E-state index in [1.165, 1.54) is 29.2 Å². The molecule has 3 rings (SSSR count). The summed E-state index contributed by atoms with van der Waals surface area (Å²) >= 11 is 0. The minimum atomic E-state index is -4.12. The van der Waals surface area contributed by atoms with Gasteiger partial charge < -0.3 is 10.2 Å². The summed E-state index contributed by atoms with van der Waals surface area (Å²) in [4.78, 5) is 28.3. The maximum Gasteiger partial charge on any atom is 0.264 e. The van der Waals surface area contributed by atoms with Crippen LogP contribution in [0.1, 0.15) is 43.4 Å². The first kappa shape index (κ1) is 29.8. The maximum absolute atomic E-state index is 13.9. The molecule has 7 nitrogen and oxygen atoms in total. The average Bonchev–Trinajstić information content (AvgIpc) is 2.91. The Kier molecular flexibility index (Phi) is 10.2. The van der Waals surface area contributed by atoms with E-state index in [2.05, 4.69) is 5.32 Å². The van der Waals surface area contributed by atoms with Crippen LogP contribution in [0.15, 0.2) is 77.7 Å². The number of rotatable bonds is 12. The molecule has 0 fully saturated rings. The zero-order valence-corrected chi connectivity index (χ0v) is 23.7. The van der Waals surface area contributed by atoms with Crippen LogP contribution in [-0.4, -0.2) is 44.3 Å². The summed E-state index contributed by atoms with van der Waals surface area (Å²) in [6.07, 6.45) is 1.69. The van der Waals surface area contributed by atoms with Crippen LogP contribution in [-0.2, 0) is 26.2 Å². The lowest BCUT2D eigenvalue weighted by Gasteiger charge is -2.32. The van der Waals surface area contributed by atoms with Crippen molar-refractivity contribution < 1.29 is 22.4 Å². The summed E-state index contributed by atoms with van der Waals surface area (Å²) in [7, 11) is -4.12. The highest BCUT2D eigenvalue weighted by molar-refractivity contribution is 7.92. The molecule has 9 heteroatoms. The molecule has 0 aliphatic rings. The van der Waals surface area contributed by atoms with Gasteiger partial charge >= 0.3 is 0 Å². The molecule has 0 radical (unpaired) electrons. The minimum absolute atomic E-state index is 0.00752. The highest BCUT2D eigenvalue weighted by Crippen LogP contribution is 2.28. The summed E-state index contributed by atoms with van der Waals surface area (Å²) in [5.74, 6) is -1.32. The molecule has 0 saturated heterocycles. The van der Waals surface area contributed by atoms with Gasteiger partial charge in [-0.15, -0.1) is 0 Å². The van der Waals surface area contributed by atoms with Gasteiger partial charge in [0, 0.05) is 13.1 Å². The molecule has 0 aliphatic heterocycles. The molecular weight excluding hydrogens is 517 g/mol. The molecule has 3 aromatic carbocycles. The van der Waals surface area contributed by atoms with Crippen molar-refractivity contribution in [2.45, 2.75) is 58.0 Å². The second kappa shape index (κ2) is 13.4. The van der Waals surface area contributed by atoms with Crippen LogP contribution in [0.25, 0.3) is 0 Å². The fourth-order valence-corrected chi connectivity index (χ4v) is 5.72. The first-order valence-corrected chi connectivity index (χ1v) is 14.4. The second-order valence-corrected chi connectivity index (χ2v) is 11.4. The van der Waals surface area contributed by atoms with Crippen molar-refractivity contribution in [3.63, 3.8) is 0 Å². The number of hydrogen-bond acceptors (Lipinski definition) is 4. The van der Waals surface area contributed by atoms with Crippen molar-refractivity contribution in [1.82, 2.24) is 10.2 Å². The van der Waals surface area contributed by atoms with Crippen LogP contribution >= 0.6 is 0 Å². The van der Waals surface area contributed by atoms with E-state index in [0.717, 1.165) is 22.7 Å². The molecule has 3 aromatic rings. The van der Waals surface area contributed by atoms with Gasteiger partial charge in [0.05, 0.1) is 10.6 Å². The van der Waals surface area contributed by atoms with Gasteiger partial charge in [0.1, 0.15) is 18.4 Å². The van der Waals surface area contributed by atoms with Crippen LogP contribution in [0, 0.1) is 19.7 Å². The zero-order chi connectivity index (χ0) is 28.6. The molecule has 0 saturated carbocycles. The molecule has 2 amide bonds. The molecule has 0 heterocycles. The van der Waals surface area contributed by atoms with E-state index < -0.39 is 34.3 Å². The zero-order valence-electron chi connectivity index (χ0n) is 22.9. The van der Waals surface area contributed by atoms with Gasteiger partial charge in [0.15, 0.2) is 0 Å². The van der Waals surface area contributed by atoms with E-state index in [-0.39, 0.29) is 17.3 Å². The summed E-state index contributed by atoms with van der Waals surface area (Å²) < 4.78 is 42.3. The van der Waals surface area contributed by atoms with Gasteiger partial charge in [0.25, 0.3) is 10.0 Å². The van der Waals surface area contributed by atoms with E-state index in [4.69, 9.17) is 0 Å². The number of unbranched alkanes of at least 4 members (excludes halogenated alkanes) is 1. The normalized spacial score (nSPS) is 12.0. The third-order valence-electron chi connectivity index (χ3n) is 6.49. The molecule has 39 heavy (non-hydrogen) atoms. The number of anilines is 1. The van der Waals surface area contributed by atoms with E-state index >= 15 is 0 Å². The van der Waals surface area contributed by atoms with Crippen LogP contribution in [0.2, 0.25) is 0 Å². The van der Waals surface area contributed by atoms with Crippen molar-refractivity contribution in [2.24, 2.45) is 0 Å². The molecule has 0 aromatic heterocycles. The highest BCUT2D eigenvalue weighted by atomic mass is 32.2. The highest BCUT2D eigenvalue weighted by Gasteiger charge is 2.33. The quantitative estimate of drug-likeness (QED) is 0.321. The fraction of sp³-hybridized carbons (Fsp3) is 0.333. The monoisotopic (exact) mass is 553 g/mol. The third kappa shape index (κ3) is 7.66. The number of benzene rings is 3. The number of amides is 2. The number of carbonyl (C=O) groups is 2. The number of halogens is 1. The van der Waals surface area contributed by atoms with Crippen LogP contribution in [0.5, 0.6) is 0 Å².